The zero-order chi connectivity index (χ0) is 10.3. The maximum atomic E-state index is 11.9. The third kappa shape index (κ3) is 1.11. The van der Waals surface area contributed by atoms with Crippen molar-refractivity contribution in [2.24, 2.45) is 0 Å². The summed E-state index contributed by atoms with van der Waals surface area (Å²) in [5, 5.41) is 3.95. The van der Waals surface area contributed by atoms with Crippen LogP contribution in [0.25, 0.3) is 0 Å². The fourth-order valence-corrected chi connectivity index (χ4v) is 1.63. The summed E-state index contributed by atoms with van der Waals surface area (Å²) in [5.74, 6) is 0. The van der Waals surface area contributed by atoms with Gasteiger partial charge in [0.2, 0.25) is 5.69 Å². The molecule has 1 amide bonds. The molecule has 0 aliphatic carbocycles. The molecule has 72 valence electrons. The van der Waals surface area contributed by atoms with Crippen LogP contribution in [0.3, 0.4) is 0 Å². The van der Waals surface area contributed by atoms with Gasteiger partial charge in [-0.3, -0.25) is 0 Å². The van der Waals surface area contributed by atoms with E-state index in [9.17, 15) is 4.79 Å². The van der Waals surface area contributed by atoms with E-state index in [1.165, 1.54) is 4.68 Å². The molecule has 0 bridgehead atoms. The third-order valence-electron chi connectivity index (χ3n) is 2.36. The van der Waals surface area contributed by atoms with Gasteiger partial charge in [0, 0.05) is 6.07 Å². The molecule has 1 aliphatic rings. The Morgan fingerprint density at radius 3 is 2.67 bits per heavy atom. The van der Waals surface area contributed by atoms with Crippen molar-refractivity contribution < 1.29 is 9.37 Å². The first-order valence-electron chi connectivity index (χ1n) is 4.64. The molecule has 1 aliphatic heterocycles. The van der Waals surface area contributed by atoms with Gasteiger partial charge < -0.3 is 0 Å². The minimum atomic E-state index is -0.138. The summed E-state index contributed by atoms with van der Waals surface area (Å²) < 4.78 is 2.97. The Morgan fingerprint density at radius 1 is 1.13 bits per heavy atom. The monoisotopic (exact) mass is 198 g/mol. The van der Waals surface area contributed by atoms with Gasteiger partial charge in [-0.15, -0.1) is 0 Å². The number of amides is 1. The number of nitrogens with zero attached hydrogens (tertiary/aromatic N) is 3. The van der Waals surface area contributed by atoms with Crippen molar-refractivity contribution in [3.05, 3.63) is 48.3 Å². The van der Waals surface area contributed by atoms with Gasteiger partial charge in [0.15, 0.2) is 0 Å². The standard InChI is InChI=1S/C11H8N3O/c15-11-13(9-4-2-1-3-5-9)8-10-6-7-12-14(10)11/h1-8H/q+1. The minimum absolute atomic E-state index is 0.138. The summed E-state index contributed by atoms with van der Waals surface area (Å²) in [7, 11) is 0. The molecule has 0 saturated heterocycles. The fraction of sp³-hybridized carbons (Fsp3) is 0. The number of rotatable bonds is 1. The molecule has 15 heavy (non-hydrogen) atoms. The molecular formula is C11H8N3O+. The molecule has 0 unspecified atom stereocenters. The molecule has 0 saturated carbocycles. The summed E-state index contributed by atoms with van der Waals surface area (Å²) in [6.45, 7) is 0. The minimum Gasteiger partial charge on any atom is -0.194 e. The van der Waals surface area contributed by atoms with Crippen molar-refractivity contribution in [1.82, 2.24) is 9.78 Å². The lowest BCUT2D eigenvalue weighted by atomic mass is 10.3. The van der Waals surface area contributed by atoms with Crippen molar-refractivity contribution >= 4 is 17.9 Å². The second-order valence-electron chi connectivity index (χ2n) is 3.29. The van der Waals surface area contributed by atoms with Crippen molar-refractivity contribution in [1.29, 1.82) is 0 Å². The highest BCUT2D eigenvalue weighted by Crippen LogP contribution is 2.16. The third-order valence-corrected chi connectivity index (χ3v) is 2.36. The first kappa shape index (κ1) is 8.11. The van der Waals surface area contributed by atoms with Crippen LogP contribution in [0.4, 0.5) is 10.5 Å². The molecule has 2 aromatic rings. The Balaban J connectivity index is 2.12. The second-order valence-corrected chi connectivity index (χ2v) is 3.29. The van der Waals surface area contributed by atoms with E-state index in [2.05, 4.69) is 5.10 Å². The van der Waals surface area contributed by atoms with E-state index < -0.39 is 0 Å². The van der Waals surface area contributed by atoms with Gasteiger partial charge in [-0.2, -0.15) is 9.37 Å². The second kappa shape index (κ2) is 2.88. The Morgan fingerprint density at radius 2 is 1.93 bits per heavy atom. The molecule has 0 N–H and O–H groups in total. The molecule has 4 nitrogen and oxygen atoms in total. The maximum Gasteiger partial charge on any atom is 0.529 e. The average Bonchev–Trinajstić information content (AvgIpc) is 2.83. The normalized spacial score (nSPS) is 13.9. The number of fused-ring (bicyclic) bond motifs is 1. The van der Waals surface area contributed by atoms with Gasteiger partial charge in [0.1, 0.15) is 11.9 Å². The van der Waals surface area contributed by atoms with Gasteiger partial charge in [-0.25, -0.2) is 0 Å². The average molecular weight is 198 g/mol. The number of aromatic nitrogens is 2. The zero-order valence-electron chi connectivity index (χ0n) is 7.87. The summed E-state index contributed by atoms with van der Waals surface area (Å²) in [5.41, 5.74) is 1.66. The van der Waals surface area contributed by atoms with Crippen LogP contribution in [0.15, 0.2) is 42.6 Å². The topological polar surface area (TPSA) is 37.9 Å². The quantitative estimate of drug-likeness (QED) is 0.653. The fourth-order valence-electron chi connectivity index (χ4n) is 1.63. The molecule has 0 radical (unpaired) electrons. The summed E-state index contributed by atoms with van der Waals surface area (Å²) >= 11 is 0. The van der Waals surface area contributed by atoms with Crippen LogP contribution < -0.4 is 0 Å². The number of benzene rings is 1. The maximum absolute atomic E-state index is 11.9. The van der Waals surface area contributed by atoms with E-state index in [4.69, 9.17) is 0 Å². The molecule has 1 aromatic carbocycles. The van der Waals surface area contributed by atoms with Crippen LogP contribution >= 0.6 is 0 Å². The Labute approximate surface area is 86.1 Å². The number of para-hydroxylation sites is 1. The van der Waals surface area contributed by atoms with Crippen molar-refractivity contribution in [2.45, 2.75) is 0 Å². The Bertz CT molecular complexity index is 554. The number of hydrogen-bond acceptors (Lipinski definition) is 2. The van der Waals surface area contributed by atoms with Gasteiger partial charge in [-0.1, -0.05) is 28.0 Å². The molecule has 0 atom stereocenters. The summed E-state index contributed by atoms with van der Waals surface area (Å²) in [4.78, 5) is 11.9. The zero-order valence-corrected chi connectivity index (χ0v) is 7.87. The van der Waals surface area contributed by atoms with E-state index in [0.717, 1.165) is 11.4 Å². The van der Waals surface area contributed by atoms with Crippen molar-refractivity contribution in [3.63, 3.8) is 0 Å². The lowest BCUT2D eigenvalue weighted by Crippen LogP contribution is -2.17. The summed E-state index contributed by atoms with van der Waals surface area (Å²) in [6.07, 6.45) is 3.40. The van der Waals surface area contributed by atoms with Gasteiger partial charge in [0.25, 0.3) is 0 Å². The highest BCUT2D eigenvalue weighted by atomic mass is 16.2. The predicted octanol–water partition coefficient (Wildman–Crippen LogP) is 1.63. The van der Waals surface area contributed by atoms with Gasteiger partial charge >= 0.3 is 6.03 Å². The lowest BCUT2D eigenvalue weighted by Gasteiger charge is -1.95. The Kier molecular flexibility index (Phi) is 1.56. The van der Waals surface area contributed by atoms with Crippen LogP contribution in [-0.2, 0) is 0 Å². The van der Waals surface area contributed by atoms with E-state index in [1.807, 2.05) is 30.3 Å². The lowest BCUT2D eigenvalue weighted by molar-refractivity contribution is -0.322. The van der Waals surface area contributed by atoms with Crippen LogP contribution in [-0.4, -0.2) is 26.6 Å². The van der Waals surface area contributed by atoms with Crippen LogP contribution in [0.1, 0.15) is 5.69 Å². The molecular weight excluding hydrogens is 190 g/mol. The highest BCUT2D eigenvalue weighted by molar-refractivity contribution is 5.91. The first-order valence-corrected chi connectivity index (χ1v) is 4.64. The van der Waals surface area contributed by atoms with Crippen LogP contribution in [0, 0.1) is 0 Å². The first-order chi connectivity index (χ1) is 7.36. The highest BCUT2D eigenvalue weighted by Gasteiger charge is 2.32. The largest absolute Gasteiger partial charge is 0.529 e. The van der Waals surface area contributed by atoms with E-state index >= 15 is 0 Å². The number of carbonyl (C=O) groups excluding carboxylic acids is 1. The SMILES string of the molecule is O=C1n2nccc2C=[N+]1c1ccccc1. The van der Waals surface area contributed by atoms with E-state index in [0.29, 0.717) is 0 Å². The van der Waals surface area contributed by atoms with E-state index in [1.54, 1.807) is 23.1 Å². The van der Waals surface area contributed by atoms with E-state index in [-0.39, 0.29) is 6.03 Å². The summed E-state index contributed by atoms with van der Waals surface area (Å²) in [6, 6.07) is 11.2. The predicted molar refractivity (Wildman–Crippen MR) is 54.5 cm³/mol. The molecule has 0 spiro atoms. The Hall–Kier alpha value is -2.23. The molecule has 0 fully saturated rings. The van der Waals surface area contributed by atoms with Gasteiger partial charge in [-0.05, 0) is 12.1 Å². The molecule has 4 heteroatoms. The van der Waals surface area contributed by atoms with Crippen LogP contribution in [0.2, 0.25) is 0 Å². The number of carbonyl (C=O) groups is 1. The molecule has 2 heterocycles. The van der Waals surface area contributed by atoms with Crippen molar-refractivity contribution in [3.8, 4) is 0 Å². The number of hydrogen-bond donors (Lipinski definition) is 0. The molecule has 3 rings (SSSR count). The van der Waals surface area contributed by atoms with Crippen LogP contribution in [0.5, 0.6) is 0 Å². The smallest absolute Gasteiger partial charge is 0.194 e. The van der Waals surface area contributed by atoms with Gasteiger partial charge in [0.05, 0.1) is 6.20 Å². The van der Waals surface area contributed by atoms with Crippen molar-refractivity contribution in [2.75, 3.05) is 0 Å². The molecule has 1 aromatic heterocycles.